The van der Waals surface area contributed by atoms with Crippen LogP contribution in [0, 0.1) is 18.7 Å². The van der Waals surface area contributed by atoms with Crippen molar-refractivity contribution in [3.63, 3.8) is 0 Å². The Morgan fingerprint density at radius 2 is 1.67 bits per heavy atom. The first-order chi connectivity index (χ1) is 25.2. The first-order valence-corrected chi connectivity index (χ1v) is 19.0. The number of aliphatic carboxylic acids is 1. The number of rotatable bonds is 6. The van der Waals surface area contributed by atoms with Crippen LogP contribution in [0.15, 0.2) is 84.0 Å². The van der Waals surface area contributed by atoms with Crippen molar-refractivity contribution in [2.24, 2.45) is 5.92 Å². The van der Waals surface area contributed by atoms with Gasteiger partial charge in [-0.15, -0.1) is 0 Å². The fourth-order valence-electron chi connectivity index (χ4n) is 6.95. The van der Waals surface area contributed by atoms with Gasteiger partial charge >= 0.3 is 5.97 Å². The molecule has 2 aliphatic rings. The van der Waals surface area contributed by atoms with Crippen LogP contribution in [0.1, 0.15) is 93.7 Å². The number of carboxylic acid groups (broad SMARTS) is 1. The van der Waals surface area contributed by atoms with Crippen LogP contribution in [0.3, 0.4) is 0 Å². The number of ether oxygens (including phenoxy) is 3. The molecule has 0 saturated heterocycles. The molecule has 1 atom stereocenters. The number of carbonyl (C=O) groups is 2. The maximum absolute atomic E-state index is 15.2. The van der Waals surface area contributed by atoms with E-state index in [9.17, 15) is 14.7 Å². The molecule has 52 heavy (non-hydrogen) atoms. The standard InChI is InChI=1S/C44H50ClFO6/c1-30-35(20-13-21-36(30)37-22-14-24-40(50-2)43(37)46)29-52-42-27-41-34(26-38(42)45)19-12-11-17-32(44(48)49)16-8-4-3-5-10-23-39(47)33-18-9-6-7-15-31(25-33)28-51-41/h7,13-15,18,20-22,24-27,32H,3-6,8-12,16-17,19,23,28-29H2,1-2H3,(H,48,49)/b15-7-,31-25?,33-18?/t32-/m1/s1. The highest BCUT2D eigenvalue weighted by Gasteiger charge is 2.19. The number of allylic oxidation sites excluding steroid dienone is 4. The molecule has 1 N–H and O–H groups in total. The summed E-state index contributed by atoms with van der Waals surface area (Å²) in [5.74, 6) is -0.0998. The van der Waals surface area contributed by atoms with Gasteiger partial charge in [-0.3, -0.25) is 9.59 Å². The molecule has 1 aliphatic heterocycles. The number of fused-ring (bicyclic) bond motifs is 2. The Balaban J connectivity index is 1.40. The molecule has 0 aromatic heterocycles. The topological polar surface area (TPSA) is 82.1 Å². The molecule has 0 fully saturated rings. The molecular formula is C44H50ClFO6. The molecule has 3 aromatic rings. The highest BCUT2D eigenvalue weighted by Crippen LogP contribution is 2.37. The Morgan fingerprint density at radius 1 is 0.942 bits per heavy atom. The normalized spacial score (nSPS) is 18.7. The molecule has 0 unspecified atom stereocenters. The predicted octanol–water partition coefficient (Wildman–Crippen LogP) is 11.4. The Morgan fingerprint density at radius 3 is 2.48 bits per heavy atom. The van der Waals surface area contributed by atoms with E-state index in [-0.39, 0.29) is 30.7 Å². The molecule has 276 valence electrons. The van der Waals surface area contributed by atoms with Crippen molar-refractivity contribution in [2.45, 2.75) is 97.0 Å². The van der Waals surface area contributed by atoms with Gasteiger partial charge in [0.1, 0.15) is 24.7 Å². The van der Waals surface area contributed by atoms with Gasteiger partial charge in [0.2, 0.25) is 0 Å². The number of Topliss-reactive ketones (excluding diaryl/α,β-unsaturated/α-hetero) is 1. The second kappa shape index (κ2) is 19.5. The van der Waals surface area contributed by atoms with Crippen LogP contribution in [-0.4, -0.2) is 30.6 Å². The SMILES string of the molecule is COc1cccc(-c2cccc(COc3cc4c(cc3Cl)CCCC[C@H](C(=O)O)CCCCCCCC(=O)C3=CCC/C=C\C(=C3)CO4)c2C)c1F. The van der Waals surface area contributed by atoms with Crippen LogP contribution in [-0.2, 0) is 22.6 Å². The van der Waals surface area contributed by atoms with E-state index >= 15 is 4.39 Å². The number of hydrogen-bond donors (Lipinski definition) is 1. The number of benzene rings is 3. The number of hydrogen-bond acceptors (Lipinski definition) is 5. The average Bonchev–Trinajstić information content (AvgIpc) is 3.11. The lowest BCUT2D eigenvalue weighted by atomic mass is 9.93. The lowest BCUT2D eigenvalue weighted by Gasteiger charge is -2.18. The van der Waals surface area contributed by atoms with E-state index in [1.54, 1.807) is 18.2 Å². The first-order valence-electron chi connectivity index (χ1n) is 18.6. The Labute approximate surface area is 312 Å². The van der Waals surface area contributed by atoms with Crippen molar-refractivity contribution >= 4 is 23.4 Å². The Kier molecular flexibility index (Phi) is 14.5. The van der Waals surface area contributed by atoms with Crippen LogP contribution in [0.4, 0.5) is 4.39 Å². The predicted molar refractivity (Wildman–Crippen MR) is 205 cm³/mol. The quantitative estimate of drug-likeness (QED) is 0.272. The number of ketones is 1. The van der Waals surface area contributed by atoms with E-state index in [1.165, 1.54) is 7.11 Å². The van der Waals surface area contributed by atoms with Crippen LogP contribution in [0.25, 0.3) is 11.1 Å². The third kappa shape index (κ3) is 10.6. The van der Waals surface area contributed by atoms with E-state index in [1.807, 2.05) is 55.5 Å². The molecule has 5 rings (SSSR count). The zero-order valence-corrected chi connectivity index (χ0v) is 31.1. The van der Waals surface area contributed by atoms with E-state index in [0.29, 0.717) is 47.8 Å². The van der Waals surface area contributed by atoms with Crippen molar-refractivity contribution in [3.8, 4) is 28.4 Å². The minimum Gasteiger partial charge on any atom is -0.494 e. The van der Waals surface area contributed by atoms with Crippen molar-refractivity contribution in [1.29, 1.82) is 0 Å². The molecule has 0 spiro atoms. The van der Waals surface area contributed by atoms with Crippen molar-refractivity contribution in [3.05, 3.63) is 112 Å². The summed E-state index contributed by atoms with van der Waals surface area (Å²) < 4.78 is 33.2. The van der Waals surface area contributed by atoms with Crippen LogP contribution >= 0.6 is 11.6 Å². The lowest BCUT2D eigenvalue weighted by molar-refractivity contribution is -0.142. The van der Waals surface area contributed by atoms with Gasteiger partial charge in [-0.25, -0.2) is 4.39 Å². The smallest absolute Gasteiger partial charge is 0.306 e. The molecule has 8 heteroatoms. The number of carboxylic acids is 1. The van der Waals surface area contributed by atoms with Crippen LogP contribution < -0.4 is 14.2 Å². The lowest BCUT2D eigenvalue weighted by Crippen LogP contribution is -2.13. The molecule has 2 bridgehead atoms. The zero-order chi connectivity index (χ0) is 36.9. The summed E-state index contributed by atoms with van der Waals surface area (Å²) in [7, 11) is 1.45. The Bertz CT molecular complexity index is 1810. The summed E-state index contributed by atoms with van der Waals surface area (Å²) in [6, 6.07) is 14.5. The maximum Gasteiger partial charge on any atom is 0.306 e. The summed E-state index contributed by atoms with van der Waals surface area (Å²) in [6.07, 6.45) is 18.5. The monoisotopic (exact) mass is 728 g/mol. The first kappa shape index (κ1) is 38.9. The summed E-state index contributed by atoms with van der Waals surface area (Å²) in [4.78, 5) is 25.2. The van der Waals surface area contributed by atoms with E-state index in [4.69, 9.17) is 25.8 Å². The van der Waals surface area contributed by atoms with Crippen molar-refractivity contribution in [2.75, 3.05) is 13.7 Å². The third-order valence-electron chi connectivity index (χ3n) is 10.1. The average molecular weight is 729 g/mol. The molecule has 3 aromatic carbocycles. The zero-order valence-electron chi connectivity index (χ0n) is 30.4. The van der Waals surface area contributed by atoms with E-state index in [0.717, 1.165) is 91.2 Å². The second-order valence-corrected chi connectivity index (χ2v) is 14.2. The van der Waals surface area contributed by atoms with Crippen LogP contribution in [0.5, 0.6) is 17.2 Å². The van der Waals surface area contributed by atoms with Gasteiger partial charge in [0.15, 0.2) is 17.3 Å². The fourth-order valence-corrected chi connectivity index (χ4v) is 7.19. The number of methoxy groups -OCH3 is 1. The molecule has 1 aliphatic carbocycles. The largest absolute Gasteiger partial charge is 0.494 e. The van der Waals surface area contributed by atoms with Gasteiger partial charge < -0.3 is 19.3 Å². The van der Waals surface area contributed by atoms with Gasteiger partial charge in [-0.05, 0) is 97.9 Å². The molecule has 1 heterocycles. The van der Waals surface area contributed by atoms with Crippen molar-refractivity contribution < 1.29 is 33.3 Å². The second-order valence-electron chi connectivity index (χ2n) is 13.7. The third-order valence-corrected chi connectivity index (χ3v) is 10.4. The molecule has 0 saturated carbocycles. The number of halogens is 2. The number of carbonyl (C=O) groups excluding carboxylic acids is 1. The summed E-state index contributed by atoms with van der Waals surface area (Å²) in [5.41, 5.74) is 5.50. The number of aryl methyl sites for hydroxylation is 1. The minimum atomic E-state index is -0.733. The fraction of sp³-hybridized carbons (Fsp3) is 0.409. The van der Waals surface area contributed by atoms with E-state index < -0.39 is 11.8 Å². The van der Waals surface area contributed by atoms with Crippen molar-refractivity contribution in [1.82, 2.24) is 0 Å². The minimum absolute atomic E-state index is 0.143. The van der Waals surface area contributed by atoms with Gasteiger partial charge in [0.25, 0.3) is 0 Å². The van der Waals surface area contributed by atoms with E-state index in [2.05, 4.69) is 6.08 Å². The molecule has 6 nitrogen and oxygen atoms in total. The molecular weight excluding hydrogens is 679 g/mol. The van der Waals surface area contributed by atoms with Crippen LogP contribution in [0.2, 0.25) is 5.02 Å². The highest BCUT2D eigenvalue weighted by atomic mass is 35.5. The summed E-state index contributed by atoms with van der Waals surface area (Å²) >= 11 is 6.84. The molecule has 0 amide bonds. The Hall–Kier alpha value is -4.36. The highest BCUT2D eigenvalue weighted by molar-refractivity contribution is 6.32. The summed E-state index contributed by atoms with van der Waals surface area (Å²) in [5, 5.41) is 10.3. The van der Waals surface area contributed by atoms with Gasteiger partial charge in [0, 0.05) is 23.6 Å². The van der Waals surface area contributed by atoms with Gasteiger partial charge in [0.05, 0.1) is 18.1 Å². The summed E-state index contributed by atoms with van der Waals surface area (Å²) in [6.45, 7) is 2.39. The molecule has 0 radical (unpaired) electrons. The van der Waals surface area contributed by atoms with Gasteiger partial charge in [-0.1, -0.05) is 92.3 Å². The van der Waals surface area contributed by atoms with Gasteiger partial charge in [-0.2, -0.15) is 0 Å². The maximum atomic E-state index is 15.2.